The van der Waals surface area contributed by atoms with Crippen molar-refractivity contribution in [1.82, 2.24) is 4.31 Å². The molecule has 0 fully saturated rings. The van der Waals surface area contributed by atoms with Gasteiger partial charge in [0.15, 0.2) is 0 Å². The minimum atomic E-state index is -3.42. The largest absolute Gasteiger partial charge is 0.326 e. The lowest BCUT2D eigenvalue weighted by molar-refractivity contribution is -0.116. The average Bonchev–Trinajstić information content (AvgIpc) is 2.60. The van der Waals surface area contributed by atoms with Gasteiger partial charge in [-0.2, -0.15) is 0 Å². The quantitative estimate of drug-likeness (QED) is 0.825. The predicted molar refractivity (Wildman–Crippen MR) is 100 cm³/mol. The Balaban J connectivity index is 1.96. The van der Waals surface area contributed by atoms with E-state index in [1.165, 1.54) is 18.4 Å². The fraction of sp³-hybridized carbons (Fsp3) is 0.316. The molecule has 0 aliphatic heterocycles. The summed E-state index contributed by atoms with van der Waals surface area (Å²) in [6, 6.07) is 14.4. The molecule has 0 aliphatic carbocycles. The van der Waals surface area contributed by atoms with Crippen molar-refractivity contribution in [3.05, 3.63) is 59.7 Å². The minimum absolute atomic E-state index is 0.0501. The first-order chi connectivity index (χ1) is 11.8. The molecule has 6 heteroatoms. The van der Waals surface area contributed by atoms with Gasteiger partial charge in [-0.25, -0.2) is 12.7 Å². The van der Waals surface area contributed by atoms with E-state index in [1.54, 1.807) is 24.3 Å². The predicted octanol–water partition coefficient (Wildman–Crippen LogP) is 3.07. The lowest BCUT2D eigenvalue weighted by Gasteiger charge is -2.12. The second kappa shape index (κ2) is 8.27. The van der Waals surface area contributed by atoms with Gasteiger partial charge in [-0.1, -0.05) is 37.3 Å². The molecule has 0 heterocycles. The molecule has 0 bridgehead atoms. The molecular formula is C19H24N2O3S. The highest BCUT2D eigenvalue weighted by molar-refractivity contribution is 7.89. The Bertz CT molecular complexity index is 828. The number of para-hydroxylation sites is 1. The number of nitrogens with zero attached hydrogens (tertiary/aromatic N) is 1. The van der Waals surface area contributed by atoms with Crippen molar-refractivity contribution >= 4 is 21.6 Å². The minimum Gasteiger partial charge on any atom is -0.326 e. The van der Waals surface area contributed by atoms with Crippen molar-refractivity contribution < 1.29 is 13.2 Å². The molecule has 1 N–H and O–H groups in total. The van der Waals surface area contributed by atoms with Crippen molar-refractivity contribution in [2.24, 2.45) is 0 Å². The SMILES string of the molecule is CCc1ccccc1NC(=O)CCc1ccc(S(=O)(=O)N(C)C)cc1. The van der Waals surface area contributed by atoms with Gasteiger partial charge < -0.3 is 5.32 Å². The van der Waals surface area contributed by atoms with Gasteiger partial charge in [-0.3, -0.25) is 4.79 Å². The highest BCUT2D eigenvalue weighted by Gasteiger charge is 2.16. The summed E-state index contributed by atoms with van der Waals surface area (Å²) < 4.78 is 25.3. The van der Waals surface area contributed by atoms with Crippen molar-refractivity contribution in [2.75, 3.05) is 19.4 Å². The van der Waals surface area contributed by atoms with Crippen LogP contribution in [0.2, 0.25) is 0 Å². The molecule has 2 aromatic rings. The van der Waals surface area contributed by atoms with Gasteiger partial charge in [0.2, 0.25) is 15.9 Å². The number of sulfonamides is 1. The molecule has 2 rings (SSSR count). The first-order valence-corrected chi connectivity index (χ1v) is 9.68. The molecule has 0 saturated heterocycles. The summed E-state index contributed by atoms with van der Waals surface area (Å²) in [6.07, 6.45) is 1.76. The van der Waals surface area contributed by atoms with Crippen LogP contribution in [-0.2, 0) is 27.7 Å². The number of hydrogen-bond donors (Lipinski definition) is 1. The van der Waals surface area contributed by atoms with Crippen LogP contribution >= 0.6 is 0 Å². The zero-order valence-corrected chi connectivity index (χ0v) is 15.6. The normalized spacial score (nSPS) is 11.5. The van der Waals surface area contributed by atoms with E-state index in [9.17, 15) is 13.2 Å². The zero-order chi connectivity index (χ0) is 18.4. The first-order valence-electron chi connectivity index (χ1n) is 8.24. The van der Waals surface area contributed by atoms with Crippen LogP contribution in [0.1, 0.15) is 24.5 Å². The number of anilines is 1. The highest BCUT2D eigenvalue weighted by atomic mass is 32.2. The number of hydrogen-bond acceptors (Lipinski definition) is 3. The van der Waals surface area contributed by atoms with Crippen LogP contribution in [0.25, 0.3) is 0 Å². The van der Waals surface area contributed by atoms with Crippen LogP contribution in [0.4, 0.5) is 5.69 Å². The summed E-state index contributed by atoms with van der Waals surface area (Å²) in [6.45, 7) is 2.05. The van der Waals surface area contributed by atoms with Crippen LogP contribution in [0.5, 0.6) is 0 Å². The lowest BCUT2D eigenvalue weighted by atomic mass is 10.1. The van der Waals surface area contributed by atoms with Crippen molar-refractivity contribution in [1.29, 1.82) is 0 Å². The summed E-state index contributed by atoms with van der Waals surface area (Å²) in [4.78, 5) is 12.4. The second-order valence-corrected chi connectivity index (χ2v) is 8.14. The third-order valence-corrected chi connectivity index (χ3v) is 5.84. The first kappa shape index (κ1) is 19.1. The molecule has 5 nitrogen and oxygen atoms in total. The van der Waals surface area contributed by atoms with E-state index in [1.807, 2.05) is 31.2 Å². The van der Waals surface area contributed by atoms with Gasteiger partial charge in [0, 0.05) is 26.2 Å². The third kappa shape index (κ3) is 4.90. The standard InChI is InChI=1S/C19H24N2O3S/c1-4-16-7-5-6-8-18(16)20-19(22)14-11-15-9-12-17(13-10-15)25(23,24)21(2)3/h5-10,12-13H,4,11,14H2,1-3H3,(H,20,22). The molecular weight excluding hydrogens is 336 g/mol. The van der Waals surface area contributed by atoms with Crippen LogP contribution in [-0.4, -0.2) is 32.7 Å². The van der Waals surface area contributed by atoms with Gasteiger partial charge in [0.1, 0.15) is 0 Å². The molecule has 0 aromatic heterocycles. The van der Waals surface area contributed by atoms with E-state index in [2.05, 4.69) is 5.32 Å². The van der Waals surface area contributed by atoms with Gasteiger partial charge in [-0.15, -0.1) is 0 Å². The molecule has 0 spiro atoms. The zero-order valence-electron chi connectivity index (χ0n) is 14.8. The summed E-state index contributed by atoms with van der Waals surface area (Å²) in [5.41, 5.74) is 2.88. The molecule has 25 heavy (non-hydrogen) atoms. The average molecular weight is 360 g/mol. The van der Waals surface area contributed by atoms with E-state index in [0.717, 1.165) is 23.2 Å². The smallest absolute Gasteiger partial charge is 0.242 e. The Morgan fingerprint density at radius 3 is 2.28 bits per heavy atom. The molecule has 134 valence electrons. The Morgan fingerprint density at radius 2 is 1.68 bits per heavy atom. The molecule has 0 radical (unpaired) electrons. The van der Waals surface area contributed by atoms with Crippen LogP contribution in [0.15, 0.2) is 53.4 Å². The van der Waals surface area contributed by atoms with Gasteiger partial charge in [-0.05, 0) is 42.2 Å². The van der Waals surface area contributed by atoms with Gasteiger partial charge in [0.05, 0.1) is 4.90 Å². The number of rotatable bonds is 7. The van der Waals surface area contributed by atoms with Crippen molar-refractivity contribution in [2.45, 2.75) is 31.1 Å². The van der Waals surface area contributed by atoms with Crippen molar-refractivity contribution in [3.63, 3.8) is 0 Å². The number of benzene rings is 2. The lowest BCUT2D eigenvalue weighted by Crippen LogP contribution is -2.22. The maximum Gasteiger partial charge on any atom is 0.242 e. The van der Waals surface area contributed by atoms with Crippen molar-refractivity contribution in [3.8, 4) is 0 Å². The molecule has 0 unspecified atom stereocenters. The Hall–Kier alpha value is -2.18. The van der Waals surface area contributed by atoms with E-state index in [4.69, 9.17) is 0 Å². The van der Waals surface area contributed by atoms with Gasteiger partial charge >= 0.3 is 0 Å². The molecule has 1 amide bonds. The molecule has 0 aliphatic rings. The Kier molecular flexibility index (Phi) is 6.33. The number of aryl methyl sites for hydroxylation is 2. The molecule has 2 aromatic carbocycles. The summed E-state index contributed by atoms with van der Waals surface area (Å²) >= 11 is 0. The van der Waals surface area contributed by atoms with E-state index < -0.39 is 10.0 Å². The fourth-order valence-corrected chi connectivity index (χ4v) is 3.36. The summed E-state index contributed by atoms with van der Waals surface area (Å²) in [7, 11) is -0.416. The van der Waals surface area contributed by atoms with Crippen LogP contribution in [0.3, 0.4) is 0 Å². The maximum atomic E-state index is 12.2. The number of nitrogens with one attached hydrogen (secondary N) is 1. The monoisotopic (exact) mass is 360 g/mol. The van der Waals surface area contributed by atoms with Gasteiger partial charge in [0.25, 0.3) is 0 Å². The fourth-order valence-electron chi connectivity index (χ4n) is 2.46. The molecule has 0 atom stereocenters. The van der Waals surface area contributed by atoms with Crippen LogP contribution < -0.4 is 5.32 Å². The Labute approximate surface area is 149 Å². The highest BCUT2D eigenvalue weighted by Crippen LogP contribution is 2.17. The number of carbonyl (C=O) groups excluding carboxylic acids is 1. The maximum absolute atomic E-state index is 12.2. The summed E-state index contributed by atoms with van der Waals surface area (Å²) in [5, 5.41) is 2.94. The topological polar surface area (TPSA) is 66.5 Å². The van der Waals surface area contributed by atoms with Crippen LogP contribution in [0, 0.1) is 0 Å². The van der Waals surface area contributed by atoms with E-state index >= 15 is 0 Å². The number of amides is 1. The third-order valence-electron chi connectivity index (χ3n) is 4.02. The van der Waals surface area contributed by atoms with E-state index in [0.29, 0.717) is 12.8 Å². The molecule has 0 saturated carbocycles. The number of carbonyl (C=O) groups is 1. The van der Waals surface area contributed by atoms with E-state index in [-0.39, 0.29) is 10.8 Å². The Morgan fingerprint density at radius 1 is 1.04 bits per heavy atom. The summed E-state index contributed by atoms with van der Waals surface area (Å²) in [5.74, 6) is -0.0501. The second-order valence-electron chi connectivity index (χ2n) is 5.99.